The minimum Gasteiger partial charge on any atom is -0.0619 e. The number of benzene rings is 2. The first kappa shape index (κ1) is 9.01. The minimum absolute atomic E-state index is 0.975. The van der Waals surface area contributed by atoms with Crippen LogP contribution < -0.4 is 0 Å². The van der Waals surface area contributed by atoms with Gasteiger partial charge in [0.2, 0.25) is 0 Å². The molecule has 0 aromatic heterocycles. The van der Waals surface area contributed by atoms with Crippen molar-refractivity contribution in [2.75, 3.05) is 0 Å². The third kappa shape index (κ3) is 2.23. The molecule has 69 valence electrons. The second-order valence-electron chi connectivity index (χ2n) is 3.55. The molecule has 0 bridgehead atoms. The second kappa shape index (κ2) is 4.10. The summed E-state index contributed by atoms with van der Waals surface area (Å²) in [5.41, 5.74) is 3.92. The maximum absolute atomic E-state index is 3.24. The Balaban J connectivity index is 2.19. The van der Waals surface area contributed by atoms with E-state index >= 15 is 0 Å². The van der Waals surface area contributed by atoms with Gasteiger partial charge < -0.3 is 0 Å². The lowest BCUT2D eigenvalue weighted by Gasteiger charge is -2.01. The third-order valence-electron chi connectivity index (χ3n) is 2.25. The van der Waals surface area contributed by atoms with Gasteiger partial charge in [0, 0.05) is 0 Å². The smallest absolute Gasteiger partial charge is 0.00195 e. The Morgan fingerprint density at radius 1 is 1.07 bits per heavy atom. The highest BCUT2D eigenvalue weighted by molar-refractivity contribution is 5.28. The summed E-state index contributed by atoms with van der Waals surface area (Å²) >= 11 is 0. The van der Waals surface area contributed by atoms with Gasteiger partial charge in [-0.3, -0.25) is 0 Å². The lowest BCUT2D eigenvalue weighted by atomic mass is 10.0. The first-order valence-electron chi connectivity index (χ1n) is 4.86. The van der Waals surface area contributed by atoms with Crippen LogP contribution in [0.5, 0.6) is 0 Å². The van der Waals surface area contributed by atoms with Crippen LogP contribution in [0.2, 0.25) is 0 Å². The second-order valence-corrected chi connectivity index (χ2v) is 3.55. The Morgan fingerprint density at radius 3 is 2.71 bits per heavy atom. The molecule has 0 nitrogen and oxygen atoms in total. The van der Waals surface area contributed by atoms with Gasteiger partial charge in [0.1, 0.15) is 0 Å². The number of rotatable bonds is 2. The van der Waals surface area contributed by atoms with Crippen molar-refractivity contribution in [3.05, 3.63) is 71.3 Å². The summed E-state index contributed by atoms with van der Waals surface area (Å²) in [7, 11) is 0. The van der Waals surface area contributed by atoms with Crippen molar-refractivity contribution in [2.24, 2.45) is 0 Å². The molecule has 0 fully saturated rings. The van der Waals surface area contributed by atoms with Crippen LogP contribution in [0.15, 0.2) is 48.5 Å². The van der Waals surface area contributed by atoms with Crippen LogP contribution in [0, 0.1) is 13.0 Å². The van der Waals surface area contributed by atoms with Gasteiger partial charge in [-0.15, -0.1) is 0 Å². The predicted molar refractivity (Wildman–Crippen MR) is 59.3 cm³/mol. The van der Waals surface area contributed by atoms with E-state index in [-0.39, 0.29) is 0 Å². The first-order valence-corrected chi connectivity index (χ1v) is 4.86. The molecule has 0 aliphatic heterocycles. The summed E-state index contributed by atoms with van der Waals surface area (Å²) in [5.74, 6) is 0. The molecule has 0 aliphatic carbocycles. The Kier molecular flexibility index (Phi) is 2.64. The van der Waals surface area contributed by atoms with E-state index in [0.29, 0.717) is 0 Å². The van der Waals surface area contributed by atoms with Crippen molar-refractivity contribution in [3.63, 3.8) is 0 Å². The summed E-state index contributed by atoms with van der Waals surface area (Å²) in [6.07, 6.45) is 0.975. The molecular weight excluding hydrogens is 168 g/mol. The van der Waals surface area contributed by atoms with Gasteiger partial charge in [0.25, 0.3) is 0 Å². The SMILES string of the molecule is Cc1cccc(Cc2[c]cccc2)c1. The molecule has 0 atom stereocenters. The highest BCUT2D eigenvalue weighted by Gasteiger charge is 1.95. The van der Waals surface area contributed by atoms with Crippen LogP contribution in [-0.2, 0) is 6.42 Å². The van der Waals surface area contributed by atoms with Gasteiger partial charge in [-0.05, 0) is 30.5 Å². The Morgan fingerprint density at radius 2 is 2.00 bits per heavy atom. The Bertz CT molecular complexity index is 401. The Labute approximate surface area is 85.2 Å². The van der Waals surface area contributed by atoms with Crippen LogP contribution in [0.1, 0.15) is 16.7 Å². The molecule has 14 heavy (non-hydrogen) atoms. The van der Waals surface area contributed by atoms with Crippen LogP contribution in [0.3, 0.4) is 0 Å². The summed E-state index contributed by atoms with van der Waals surface area (Å²) in [4.78, 5) is 0. The summed E-state index contributed by atoms with van der Waals surface area (Å²) in [6.45, 7) is 2.12. The van der Waals surface area contributed by atoms with Crippen LogP contribution in [0.4, 0.5) is 0 Å². The molecule has 0 spiro atoms. The minimum atomic E-state index is 0.975. The van der Waals surface area contributed by atoms with E-state index in [0.717, 1.165) is 6.42 Å². The van der Waals surface area contributed by atoms with Gasteiger partial charge in [0.05, 0.1) is 0 Å². The summed E-state index contributed by atoms with van der Waals surface area (Å²) in [6, 6.07) is 20.0. The molecule has 0 aliphatic rings. The average molecular weight is 181 g/mol. The van der Waals surface area contributed by atoms with Gasteiger partial charge in [-0.25, -0.2) is 0 Å². The van der Waals surface area contributed by atoms with Crippen molar-refractivity contribution in [1.82, 2.24) is 0 Å². The molecule has 0 heteroatoms. The van der Waals surface area contributed by atoms with E-state index in [2.05, 4.69) is 49.4 Å². The molecule has 0 saturated heterocycles. The lowest BCUT2D eigenvalue weighted by Crippen LogP contribution is -1.87. The zero-order valence-corrected chi connectivity index (χ0v) is 8.33. The van der Waals surface area contributed by atoms with E-state index in [1.165, 1.54) is 16.7 Å². The number of hydrogen-bond donors (Lipinski definition) is 0. The molecule has 0 unspecified atom stereocenters. The van der Waals surface area contributed by atoms with Crippen molar-refractivity contribution >= 4 is 0 Å². The monoisotopic (exact) mass is 181 g/mol. The molecule has 0 heterocycles. The molecule has 0 N–H and O–H groups in total. The highest BCUT2D eigenvalue weighted by Crippen LogP contribution is 2.10. The predicted octanol–water partition coefficient (Wildman–Crippen LogP) is 3.39. The van der Waals surface area contributed by atoms with Crippen LogP contribution >= 0.6 is 0 Å². The van der Waals surface area contributed by atoms with Crippen molar-refractivity contribution in [2.45, 2.75) is 13.3 Å². The molecular formula is C14H13. The standard InChI is InChI=1S/C14H13/c1-12-6-5-9-14(10-12)11-13-7-3-2-4-8-13/h2-7,9-10H,11H2,1H3. The fourth-order valence-corrected chi connectivity index (χ4v) is 1.58. The molecule has 2 rings (SSSR count). The van der Waals surface area contributed by atoms with Gasteiger partial charge in [-0.2, -0.15) is 0 Å². The Hall–Kier alpha value is -1.56. The average Bonchev–Trinajstić information content (AvgIpc) is 2.19. The van der Waals surface area contributed by atoms with Crippen LogP contribution in [-0.4, -0.2) is 0 Å². The topological polar surface area (TPSA) is 0 Å². The molecule has 0 saturated carbocycles. The summed E-state index contributed by atoms with van der Waals surface area (Å²) < 4.78 is 0. The quantitative estimate of drug-likeness (QED) is 0.666. The lowest BCUT2D eigenvalue weighted by molar-refractivity contribution is 1.18. The van der Waals surface area contributed by atoms with E-state index in [4.69, 9.17) is 0 Å². The van der Waals surface area contributed by atoms with Gasteiger partial charge >= 0.3 is 0 Å². The van der Waals surface area contributed by atoms with Gasteiger partial charge in [0.15, 0.2) is 0 Å². The molecule has 2 aromatic rings. The van der Waals surface area contributed by atoms with Crippen molar-refractivity contribution in [1.29, 1.82) is 0 Å². The third-order valence-corrected chi connectivity index (χ3v) is 2.25. The zero-order valence-electron chi connectivity index (χ0n) is 8.33. The molecule has 0 amide bonds. The van der Waals surface area contributed by atoms with E-state index < -0.39 is 0 Å². The maximum atomic E-state index is 3.24. The van der Waals surface area contributed by atoms with E-state index in [1.54, 1.807) is 0 Å². The fourth-order valence-electron chi connectivity index (χ4n) is 1.58. The van der Waals surface area contributed by atoms with E-state index in [9.17, 15) is 0 Å². The van der Waals surface area contributed by atoms with Crippen molar-refractivity contribution in [3.8, 4) is 0 Å². The number of hydrogen-bond acceptors (Lipinski definition) is 0. The fraction of sp³-hybridized carbons (Fsp3) is 0.143. The van der Waals surface area contributed by atoms with Crippen molar-refractivity contribution < 1.29 is 0 Å². The normalized spacial score (nSPS) is 10.1. The maximum Gasteiger partial charge on any atom is -0.00195 e. The largest absolute Gasteiger partial charge is 0.0619 e. The molecule has 2 aromatic carbocycles. The zero-order chi connectivity index (χ0) is 9.80. The van der Waals surface area contributed by atoms with E-state index in [1.807, 2.05) is 12.1 Å². The number of aryl methyl sites for hydroxylation is 1. The first-order chi connectivity index (χ1) is 6.84. The summed E-state index contributed by atoms with van der Waals surface area (Å²) in [5, 5.41) is 0. The highest BCUT2D eigenvalue weighted by atomic mass is 14.0. The van der Waals surface area contributed by atoms with Crippen LogP contribution in [0.25, 0.3) is 0 Å². The van der Waals surface area contributed by atoms with Gasteiger partial charge in [-0.1, -0.05) is 54.1 Å². The molecule has 1 radical (unpaired) electrons.